The molecule has 0 spiro atoms. The van der Waals surface area contributed by atoms with Crippen LogP contribution in [0.3, 0.4) is 0 Å². The number of fused-ring (bicyclic) bond motifs is 1. The molecule has 8 nitrogen and oxygen atoms in total. The van der Waals surface area contributed by atoms with Crippen LogP contribution in [0, 0.1) is 10.1 Å². The molecule has 0 saturated carbocycles. The highest BCUT2D eigenvalue weighted by Crippen LogP contribution is 2.31. The molecule has 0 N–H and O–H groups in total. The van der Waals surface area contributed by atoms with Gasteiger partial charge in [0.1, 0.15) is 6.61 Å². The smallest absolute Gasteiger partial charge is 0.311 e. The van der Waals surface area contributed by atoms with Crippen LogP contribution in [0.4, 0.5) is 5.69 Å². The Kier molecular flexibility index (Phi) is 6.74. The highest BCUT2D eigenvalue weighted by Gasteiger charge is 2.19. The molecule has 0 aliphatic carbocycles. The predicted octanol–water partition coefficient (Wildman–Crippen LogP) is 6.09. The second-order valence-electron chi connectivity index (χ2n) is 8.05. The summed E-state index contributed by atoms with van der Waals surface area (Å²) in [6.07, 6.45) is 1.37. The van der Waals surface area contributed by atoms with Gasteiger partial charge >= 0.3 is 5.69 Å². The Bertz CT molecular complexity index is 1680. The summed E-state index contributed by atoms with van der Waals surface area (Å²) in [6, 6.07) is 27.7. The van der Waals surface area contributed by atoms with Crippen molar-refractivity contribution in [2.24, 2.45) is 5.10 Å². The molecule has 37 heavy (non-hydrogen) atoms. The van der Waals surface area contributed by atoms with E-state index >= 15 is 0 Å². The van der Waals surface area contributed by atoms with Crippen molar-refractivity contribution in [2.75, 3.05) is 0 Å². The SMILES string of the molecule is O=c1c2ccccc2nc(-c2ccccc2)n1N=Cc1cccc([N+](=O)[O-])c1OCc1ccc(Cl)cc1. The molecule has 9 heteroatoms. The van der Waals surface area contributed by atoms with Crippen LogP contribution in [0.25, 0.3) is 22.3 Å². The molecule has 0 fully saturated rings. The maximum absolute atomic E-state index is 13.4. The summed E-state index contributed by atoms with van der Waals surface area (Å²) in [7, 11) is 0. The first kappa shape index (κ1) is 23.9. The van der Waals surface area contributed by atoms with Gasteiger partial charge in [-0.1, -0.05) is 72.3 Å². The van der Waals surface area contributed by atoms with Crippen molar-refractivity contribution in [3.8, 4) is 17.1 Å². The largest absolute Gasteiger partial charge is 0.481 e. The first-order valence-electron chi connectivity index (χ1n) is 11.3. The fourth-order valence-electron chi connectivity index (χ4n) is 3.81. The lowest BCUT2D eigenvalue weighted by atomic mass is 10.2. The third-order valence-corrected chi connectivity index (χ3v) is 5.87. The van der Waals surface area contributed by atoms with E-state index in [0.29, 0.717) is 32.9 Å². The normalized spacial score (nSPS) is 11.2. The lowest BCUT2D eigenvalue weighted by Crippen LogP contribution is -2.20. The van der Waals surface area contributed by atoms with Crippen molar-refractivity contribution < 1.29 is 9.66 Å². The van der Waals surface area contributed by atoms with Crippen molar-refractivity contribution >= 4 is 34.4 Å². The van der Waals surface area contributed by atoms with Gasteiger partial charge in [0.15, 0.2) is 5.82 Å². The van der Waals surface area contributed by atoms with E-state index in [9.17, 15) is 14.9 Å². The zero-order valence-electron chi connectivity index (χ0n) is 19.3. The van der Waals surface area contributed by atoms with E-state index in [2.05, 4.69) is 10.1 Å². The Balaban J connectivity index is 1.60. The number of para-hydroxylation sites is 2. The minimum absolute atomic E-state index is 0.0364. The molecular formula is C28H19ClN4O4. The molecule has 0 amide bonds. The summed E-state index contributed by atoms with van der Waals surface area (Å²) in [5, 5.41) is 17.1. The maximum atomic E-state index is 13.4. The van der Waals surface area contributed by atoms with E-state index in [0.717, 1.165) is 5.56 Å². The van der Waals surface area contributed by atoms with E-state index in [1.807, 2.05) is 36.4 Å². The molecule has 4 aromatic carbocycles. The zero-order chi connectivity index (χ0) is 25.8. The van der Waals surface area contributed by atoms with E-state index in [1.165, 1.54) is 23.0 Å². The van der Waals surface area contributed by atoms with Gasteiger partial charge in [0.2, 0.25) is 5.75 Å². The average molecular weight is 511 g/mol. The third-order valence-electron chi connectivity index (χ3n) is 5.62. The van der Waals surface area contributed by atoms with Crippen LogP contribution in [-0.2, 0) is 6.61 Å². The van der Waals surface area contributed by atoms with Crippen LogP contribution in [-0.4, -0.2) is 20.8 Å². The number of hydrogen-bond donors (Lipinski definition) is 0. The summed E-state index contributed by atoms with van der Waals surface area (Å²) in [4.78, 5) is 29.3. The molecule has 182 valence electrons. The molecule has 1 heterocycles. The van der Waals surface area contributed by atoms with Gasteiger partial charge in [-0.3, -0.25) is 14.9 Å². The number of ether oxygens (including phenoxy) is 1. The van der Waals surface area contributed by atoms with Gasteiger partial charge in [0.25, 0.3) is 5.56 Å². The van der Waals surface area contributed by atoms with Gasteiger partial charge in [0.05, 0.1) is 22.0 Å². The number of halogens is 1. The standard InChI is InChI=1S/C28H19ClN4O4/c29-22-15-13-19(14-16-22)18-37-26-21(9-6-12-25(26)33(35)36)17-30-32-27(20-7-2-1-3-8-20)31-24-11-5-4-10-23(24)28(32)34/h1-17H,18H2. The van der Waals surface area contributed by atoms with Gasteiger partial charge < -0.3 is 4.74 Å². The lowest BCUT2D eigenvalue weighted by Gasteiger charge is -2.11. The van der Waals surface area contributed by atoms with Crippen molar-refractivity contribution in [3.05, 3.63) is 134 Å². The van der Waals surface area contributed by atoms with Crippen LogP contribution < -0.4 is 10.3 Å². The summed E-state index contributed by atoms with van der Waals surface area (Å²) >= 11 is 5.95. The Morgan fingerprint density at radius 3 is 2.43 bits per heavy atom. The van der Waals surface area contributed by atoms with E-state index in [4.69, 9.17) is 16.3 Å². The number of hydrogen-bond acceptors (Lipinski definition) is 6. The lowest BCUT2D eigenvalue weighted by molar-refractivity contribution is -0.385. The predicted molar refractivity (Wildman–Crippen MR) is 143 cm³/mol. The van der Waals surface area contributed by atoms with Crippen LogP contribution in [0.2, 0.25) is 5.02 Å². The highest BCUT2D eigenvalue weighted by atomic mass is 35.5. The molecule has 0 atom stereocenters. The van der Waals surface area contributed by atoms with Gasteiger partial charge in [-0.05, 0) is 35.9 Å². The maximum Gasteiger partial charge on any atom is 0.311 e. The second-order valence-corrected chi connectivity index (χ2v) is 8.48. The second kappa shape index (κ2) is 10.4. The van der Waals surface area contributed by atoms with Crippen molar-refractivity contribution in [2.45, 2.75) is 6.61 Å². The van der Waals surface area contributed by atoms with Crippen LogP contribution >= 0.6 is 11.6 Å². The topological polar surface area (TPSA) is 99.6 Å². The van der Waals surface area contributed by atoms with E-state index in [-0.39, 0.29) is 23.6 Å². The van der Waals surface area contributed by atoms with E-state index < -0.39 is 4.92 Å². The average Bonchev–Trinajstić information content (AvgIpc) is 2.92. The van der Waals surface area contributed by atoms with Gasteiger partial charge in [-0.25, -0.2) is 4.98 Å². The zero-order valence-corrected chi connectivity index (χ0v) is 20.1. The Morgan fingerprint density at radius 1 is 0.946 bits per heavy atom. The molecule has 0 aliphatic heterocycles. The Morgan fingerprint density at radius 2 is 1.68 bits per heavy atom. The van der Waals surface area contributed by atoms with Crippen LogP contribution in [0.1, 0.15) is 11.1 Å². The van der Waals surface area contributed by atoms with Gasteiger partial charge in [-0.2, -0.15) is 9.78 Å². The minimum Gasteiger partial charge on any atom is -0.481 e. The molecule has 5 aromatic rings. The number of nitro groups is 1. The fraction of sp³-hybridized carbons (Fsp3) is 0.0357. The fourth-order valence-corrected chi connectivity index (χ4v) is 3.93. The minimum atomic E-state index is -0.520. The molecule has 5 rings (SSSR count). The summed E-state index contributed by atoms with van der Waals surface area (Å²) in [5.41, 5.74) is 1.77. The summed E-state index contributed by atoms with van der Waals surface area (Å²) in [5.74, 6) is 0.379. The number of aromatic nitrogens is 2. The van der Waals surface area contributed by atoms with Crippen LogP contribution in [0.5, 0.6) is 5.75 Å². The number of nitrogens with zero attached hydrogens (tertiary/aromatic N) is 4. The third kappa shape index (κ3) is 5.10. The summed E-state index contributed by atoms with van der Waals surface area (Å²) in [6.45, 7) is 0.0790. The summed E-state index contributed by atoms with van der Waals surface area (Å²) < 4.78 is 7.07. The number of rotatable bonds is 7. The molecule has 0 aliphatic rings. The molecule has 0 bridgehead atoms. The first-order chi connectivity index (χ1) is 18.0. The quantitative estimate of drug-likeness (QED) is 0.150. The molecule has 0 unspecified atom stereocenters. The van der Waals surface area contributed by atoms with Crippen molar-refractivity contribution in [1.29, 1.82) is 0 Å². The molecular weight excluding hydrogens is 492 g/mol. The Hall–Kier alpha value is -4.82. The van der Waals surface area contributed by atoms with E-state index in [1.54, 1.807) is 48.5 Å². The monoisotopic (exact) mass is 510 g/mol. The molecule has 0 radical (unpaired) electrons. The first-order valence-corrected chi connectivity index (χ1v) is 11.7. The van der Waals surface area contributed by atoms with Crippen molar-refractivity contribution in [3.63, 3.8) is 0 Å². The molecule has 1 aromatic heterocycles. The number of benzene rings is 4. The van der Waals surface area contributed by atoms with Gasteiger partial charge in [0, 0.05) is 22.2 Å². The number of nitro benzene ring substituents is 1. The van der Waals surface area contributed by atoms with Crippen LogP contribution in [0.15, 0.2) is 107 Å². The highest BCUT2D eigenvalue weighted by molar-refractivity contribution is 6.30. The van der Waals surface area contributed by atoms with Crippen molar-refractivity contribution in [1.82, 2.24) is 9.66 Å². The Labute approximate surface area is 216 Å². The van der Waals surface area contributed by atoms with Gasteiger partial charge in [-0.15, -0.1) is 0 Å². The molecule has 0 saturated heterocycles.